The number of nitrogens with one attached hydrogen (secondary N) is 2. The van der Waals surface area contributed by atoms with Crippen LogP contribution in [-0.4, -0.2) is 30.6 Å². The van der Waals surface area contributed by atoms with E-state index in [1.54, 1.807) is 43.3 Å². The summed E-state index contributed by atoms with van der Waals surface area (Å²) in [4.78, 5) is 36.6. The minimum Gasteiger partial charge on any atom is -0.465 e. The maximum atomic E-state index is 12.5. The number of fused-ring (bicyclic) bond motifs is 1. The highest BCUT2D eigenvalue weighted by atomic mass is 16.5. The molecule has 0 spiro atoms. The van der Waals surface area contributed by atoms with E-state index in [0.29, 0.717) is 17.0 Å². The molecule has 2 N–H and O–H groups in total. The molecule has 0 aliphatic carbocycles. The first kappa shape index (κ1) is 20.7. The van der Waals surface area contributed by atoms with Crippen molar-refractivity contribution in [2.75, 3.05) is 12.4 Å². The number of ether oxygens (including phenoxy) is 1. The molecule has 3 rings (SSSR count). The van der Waals surface area contributed by atoms with Crippen LogP contribution in [0.5, 0.6) is 0 Å². The van der Waals surface area contributed by atoms with Crippen LogP contribution in [0.1, 0.15) is 34.1 Å². The van der Waals surface area contributed by atoms with Gasteiger partial charge in [0.25, 0.3) is 5.91 Å². The van der Waals surface area contributed by atoms with E-state index in [4.69, 9.17) is 4.74 Å². The topological polar surface area (TPSA) is 96.9 Å². The number of rotatable bonds is 6. The van der Waals surface area contributed by atoms with Crippen molar-refractivity contribution in [3.8, 4) is 0 Å². The van der Waals surface area contributed by atoms with Gasteiger partial charge in [0.1, 0.15) is 0 Å². The largest absolute Gasteiger partial charge is 0.465 e. The molecule has 0 aliphatic heterocycles. The first-order valence-electron chi connectivity index (χ1n) is 9.28. The lowest BCUT2D eigenvalue weighted by molar-refractivity contribution is -0.115. The molecule has 0 unspecified atom stereocenters. The quantitative estimate of drug-likeness (QED) is 0.372. The fourth-order valence-corrected chi connectivity index (χ4v) is 2.98. The summed E-state index contributed by atoms with van der Waals surface area (Å²) in [5, 5.41) is 8.47. The Hall–Kier alpha value is -4.00. The number of methoxy groups -OCH3 is 1. The lowest BCUT2D eigenvalue weighted by atomic mass is 10.0. The second-order valence-electron chi connectivity index (χ2n) is 6.58. The molecule has 0 heterocycles. The maximum Gasteiger partial charge on any atom is 0.339 e. The molecule has 0 bridgehead atoms. The summed E-state index contributed by atoms with van der Waals surface area (Å²) < 4.78 is 4.72. The number of hydrogen-bond acceptors (Lipinski definition) is 5. The molecule has 3 aromatic carbocycles. The van der Waals surface area contributed by atoms with Crippen LogP contribution >= 0.6 is 0 Å². The van der Waals surface area contributed by atoms with E-state index in [0.717, 1.165) is 10.8 Å². The lowest BCUT2D eigenvalue weighted by Gasteiger charge is -2.09. The highest BCUT2D eigenvalue weighted by molar-refractivity contribution is 6.10. The van der Waals surface area contributed by atoms with Crippen molar-refractivity contribution in [3.05, 3.63) is 77.9 Å². The van der Waals surface area contributed by atoms with Gasteiger partial charge in [-0.3, -0.25) is 9.59 Å². The molecular weight excluding hydrogens is 382 g/mol. The van der Waals surface area contributed by atoms with E-state index in [9.17, 15) is 14.4 Å². The Kier molecular flexibility index (Phi) is 6.54. The molecule has 3 aromatic rings. The van der Waals surface area contributed by atoms with Gasteiger partial charge in [0.15, 0.2) is 0 Å². The van der Waals surface area contributed by atoms with Crippen LogP contribution < -0.4 is 10.7 Å². The summed E-state index contributed by atoms with van der Waals surface area (Å²) >= 11 is 0. The first-order chi connectivity index (χ1) is 14.5. The minimum atomic E-state index is -0.543. The van der Waals surface area contributed by atoms with Gasteiger partial charge >= 0.3 is 5.97 Å². The normalized spacial score (nSPS) is 11.1. The van der Waals surface area contributed by atoms with Crippen molar-refractivity contribution in [3.63, 3.8) is 0 Å². The third kappa shape index (κ3) is 4.88. The zero-order valence-corrected chi connectivity index (χ0v) is 16.6. The molecule has 0 fully saturated rings. The molecule has 0 aliphatic rings. The van der Waals surface area contributed by atoms with Gasteiger partial charge in [0, 0.05) is 11.3 Å². The highest BCUT2D eigenvalue weighted by Crippen LogP contribution is 2.18. The molecule has 7 heteroatoms. The third-order valence-electron chi connectivity index (χ3n) is 4.41. The Morgan fingerprint density at radius 3 is 2.37 bits per heavy atom. The van der Waals surface area contributed by atoms with E-state index in [1.807, 2.05) is 30.3 Å². The zero-order valence-electron chi connectivity index (χ0n) is 16.6. The lowest BCUT2D eigenvalue weighted by Crippen LogP contribution is -2.22. The number of hydrazone groups is 1. The second kappa shape index (κ2) is 9.47. The summed E-state index contributed by atoms with van der Waals surface area (Å²) in [5.74, 6) is -1.27. The van der Waals surface area contributed by atoms with Crippen molar-refractivity contribution in [2.45, 2.75) is 13.3 Å². The Balaban J connectivity index is 1.65. The van der Waals surface area contributed by atoms with Gasteiger partial charge in [-0.2, -0.15) is 5.10 Å². The molecule has 0 atom stereocenters. The number of anilines is 1. The molecule has 2 amide bonds. The fraction of sp³-hybridized carbons (Fsp3) is 0.130. The van der Waals surface area contributed by atoms with Crippen LogP contribution in [0.15, 0.2) is 71.8 Å². The summed E-state index contributed by atoms with van der Waals surface area (Å²) in [6.45, 7) is 1.63. The summed E-state index contributed by atoms with van der Waals surface area (Å²) in [7, 11) is 1.27. The van der Waals surface area contributed by atoms with E-state index < -0.39 is 5.97 Å². The van der Waals surface area contributed by atoms with Gasteiger partial charge < -0.3 is 10.1 Å². The van der Waals surface area contributed by atoms with E-state index in [2.05, 4.69) is 15.8 Å². The molecule has 152 valence electrons. The molecule has 7 nitrogen and oxygen atoms in total. The van der Waals surface area contributed by atoms with Gasteiger partial charge in [0.2, 0.25) is 5.91 Å². The van der Waals surface area contributed by atoms with Gasteiger partial charge in [-0.25, -0.2) is 10.2 Å². The van der Waals surface area contributed by atoms with Gasteiger partial charge in [-0.05, 0) is 35.9 Å². The molecular formula is C23H21N3O4. The zero-order chi connectivity index (χ0) is 21.5. The SMILES string of the molecule is COC(=O)c1ccccc1NC(=O)C/C(C)=N/NC(=O)c1cccc2ccccc12. The van der Waals surface area contributed by atoms with Crippen LogP contribution in [-0.2, 0) is 9.53 Å². The standard InChI is InChI=1S/C23H21N3O4/c1-15(14-21(27)24-20-13-6-5-11-19(20)23(29)30-2)25-26-22(28)18-12-7-9-16-8-3-4-10-17(16)18/h3-13H,14H2,1-2H3,(H,24,27)(H,26,28)/b25-15+. The van der Waals surface area contributed by atoms with Crippen LogP contribution in [0.25, 0.3) is 10.8 Å². The van der Waals surface area contributed by atoms with Crippen molar-refractivity contribution in [1.29, 1.82) is 0 Å². The summed E-state index contributed by atoms with van der Waals surface area (Å²) in [6.07, 6.45) is -0.0503. The van der Waals surface area contributed by atoms with Gasteiger partial charge in [-0.15, -0.1) is 0 Å². The van der Waals surface area contributed by atoms with Crippen molar-refractivity contribution in [1.82, 2.24) is 5.43 Å². The Labute approximate surface area is 173 Å². The Bertz CT molecular complexity index is 1130. The number of amides is 2. The number of carbonyl (C=O) groups excluding carboxylic acids is 3. The Morgan fingerprint density at radius 1 is 0.900 bits per heavy atom. The molecule has 0 radical (unpaired) electrons. The minimum absolute atomic E-state index is 0.0503. The van der Waals surface area contributed by atoms with Gasteiger partial charge in [-0.1, -0.05) is 48.5 Å². The molecule has 0 aromatic heterocycles. The summed E-state index contributed by atoms with van der Waals surface area (Å²) in [5.41, 5.74) is 4.01. The number of nitrogens with zero attached hydrogens (tertiary/aromatic N) is 1. The number of para-hydroxylation sites is 1. The number of hydrogen-bond donors (Lipinski definition) is 2. The second-order valence-corrected chi connectivity index (χ2v) is 6.58. The number of carbonyl (C=O) groups is 3. The predicted octanol–water partition coefficient (Wildman–Crippen LogP) is 3.76. The monoisotopic (exact) mass is 403 g/mol. The van der Waals surface area contributed by atoms with Crippen molar-refractivity contribution < 1.29 is 19.1 Å². The van der Waals surface area contributed by atoms with Crippen LogP contribution in [0.4, 0.5) is 5.69 Å². The Morgan fingerprint density at radius 2 is 1.57 bits per heavy atom. The first-order valence-corrected chi connectivity index (χ1v) is 9.28. The number of esters is 1. The van der Waals surface area contributed by atoms with Crippen LogP contribution in [0.2, 0.25) is 0 Å². The van der Waals surface area contributed by atoms with E-state index in [1.165, 1.54) is 7.11 Å². The average molecular weight is 403 g/mol. The van der Waals surface area contributed by atoms with Crippen molar-refractivity contribution in [2.24, 2.45) is 5.10 Å². The maximum absolute atomic E-state index is 12.5. The van der Waals surface area contributed by atoms with Crippen LogP contribution in [0.3, 0.4) is 0 Å². The van der Waals surface area contributed by atoms with Crippen molar-refractivity contribution >= 4 is 40.0 Å². The molecule has 30 heavy (non-hydrogen) atoms. The molecule has 0 saturated heterocycles. The fourth-order valence-electron chi connectivity index (χ4n) is 2.98. The average Bonchev–Trinajstić information content (AvgIpc) is 2.76. The predicted molar refractivity (Wildman–Crippen MR) is 116 cm³/mol. The summed E-state index contributed by atoms with van der Waals surface area (Å²) in [6, 6.07) is 19.6. The number of benzene rings is 3. The van der Waals surface area contributed by atoms with Gasteiger partial charge in [0.05, 0.1) is 24.8 Å². The highest BCUT2D eigenvalue weighted by Gasteiger charge is 2.14. The molecule has 0 saturated carbocycles. The third-order valence-corrected chi connectivity index (χ3v) is 4.41. The smallest absolute Gasteiger partial charge is 0.339 e. The van der Waals surface area contributed by atoms with Crippen LogP contribution in [0, 0.1) is 0 Å². The van der Waals surface area contributed by atoms with E-state index >= 15 is 0 Å². The van der Waals surface area contributed by atoms with E-state index in [-0.39, 0.29) is 23.8 Å².